The van der Waals surface area contributed by atoms with Crippen LogP contribution in [0.3, 0.4) is 0 Å². The summed E-state index contributed by atoms with van der Waals surface area (Å²) in [5, 5.41) is 0. The molecule has 1 rings (SSSR count). The van der Waals surface area contributed by atoms with E-state index >= 15 is 0 Å². The van der Waals surface area contributed by atoms with E-state index in [0.29, 0.717) is 6.10 Å². The molecule has 0 saturated carbocycles. The van der Waals surface area contributed by atoms with Crippen molar-refractivity contribution in [1.29, 1.82) is 0 Å². The van der Waals surface area contributed by atoms with E-state index in [1.807, 2.05) is 0 Å². The highest BCUT2D eigenvalue weighted by Crippen LogP contribution is 2.08. The number of nitrogens with zero attached hydrogens (tertiary/aromatic N) is 2. The zero-order valence-electron chi connectivity index (χ0n) is 12.5. The summed E-state index contributed by atoms with van der Waals surface area (Å²) >= 11 is 0. The van der Waals surface area contributed by atoms with Gasteiger partial charge in [0.15, 0.2) is 0 Å². The van der Waals surface area contributed by atoms with Crippen LogP contribution in [0.2, 0.25) is 0 Å². The van der Waals surface area contributed by atoms with Crippen LogP contribution in [0.15, 0.2) is 12.3 Å². The van der Waals surface area contributed by atoms with Crippen LogP contribution in [0.1, 0.15) is 40.0 Å². The summed E-state index contributed by atoms with van der Waals surface area (Å²) in [5.74, 6) is 0. The van der Waals surface area contributed by atoms with Crippen molar-refractivity contribution in [3.63, 3.8) is 0 Å². The van der Waals surface area contributed by atoms with E-state index in [1.54, 1.807) is 0 Å². The van der Waals surface area contributed by atoms with Gasteiger partial charge in [-0.1, -0.05) is 6.58 Å². The van der Waals surface area contributed by atoms with Gasteiger partial charge in [0.25, 0.3) is 0 Å². The zero-order valence-corrected chi connectivity index (χ0v) is 12.5. The summed E-state index contributed by atoms with van der Waals surface area (Å²) in [6.45, 7) is 17.1. The lowest BCUT2D eigenvalue weighted by atomic mass is 10.2. The van der Waals surface area contributed by atoms with E-state index in [2.05, 4.69) is 37.1 Å². The maximum absolute atomic E-state index is 5.54. The molecular weight excluding hydrogens is 224 g/mol. The fraction of sp³-hybridized carbons (Fsp3) is 0.867. The fourth-order valence-electron chi connectivity index (χ4n) is 2.29. The highest BCUT2D eigenvalue weighted by Gasteiger charge is 2.15. The minimum absolute atomic E-state index is 0.375. The fourth-order valence-corrected chi connectivity index (χ4v) is 2.29. The zero-order chi connectivity index (χ0) is 13.4. The molecule has 0 aromatic carbocycles. The Morgan fingerprint density at radius 2 is 1.78 bits per heavy atom. The Labute approximate surface area is 113 Å². The summed E-state index contributed by atoms with van der Waals surface area (Å²) in [6, 6.07) is 0. The minimum Gasteiger partial charge on any atom is -0.379 e. The first-order valence-corrected chi connectivity index (χ1v) is 7.34. The van der Waals surface area contributed by atoms with Gasteiger partial charge in [0.05, 0.1) is 6.10 Å². The molecule has 0 aliphatic carbocycles. The van der Waals surface area contributed by atoms with Gasteiger partial charge < -0.3 is 9.64 Å². The quantitative estimate of drug-likeness (QED) is 0.619. The van der Waals surface area contributed by atoms with Crippen molar-refractivity contribution in [1.82, 2.24) is 9.80 Å². The molecule has 0 radical (unpaired) electrons. The Morgan fingerprint density at radius 3 is 2.33 bits per heavy atom. The molecule has 1 aliphatic heterocycles. The summed E-state index contributed by atoms with van der Waals surface area (Å²) in [5.41, 5.74) is 1.21. The second-order valence-electron chi connectivity index (χ2n) is 5.54. The van der Waals surface area contributed by atoms with Gasteiger partial charge in [-0.3, -0.25) is 4.90 Å². The van der Waals surface area contributed by atoms with E-state index in [-0.39, 0.29) is 0 Å². The van der Waals surface area contributed by atoms with Gasteiger partial charge in [-0.05, 0) is 46.6 Å². The highest BCUT2D eigenvalue weighted by atomic mass is 16.5. The Bertz CT molecular complexity index is 233. The molecule has 1 saturated heterocycles. The van der Waals surface area contributed by atoms with Crippen LogP contribution in [0.5, 0.6) is 0 Å². The monoisotopic (exact) mass is 254 g/mol. The lowest BCUT2D eigenvalue weighted by Gasteiger charge is -2.36. The van der Waals surface area contributed by atoms with Gasteiger partial charge >= 0.3 is 0 Å². The van der Waals surface area contributed by atoms with Crippen LogP contribution in [0.4, 0.5) is 0 Å². The van der Waals surface area contributed by atoms with Crippen LogP contribution in [-0.2, 0) is 4.74 Å². The van der Waals surface area contributed by atoms with Crippen LogP contribution < -0.4 is 0 Å². The third kappa shape index (κ3) is 6.41. The first-order valence-electron chi connectivity index (χ1n) is 7.34. The lowest BCUT2D eigenvalue weighted by molar-refractivity contribution is 0.0748. The summed E-state index contributed by atoms with van der Waals surface area (Å²) < 4.78 is 5.54. The molecular formula is C15H30N2O. The number of hydrogen-bond donors (Lipinski definition) is 0. The molecule has 0 atom stereocenters. The predicted octanol–water partition coefficient (Wildman–Crippen LogP) is 2.73. The second-order valence-corrected chi connectivity index (χ2v) is 5.54. The smallest absolute Gasteiger partial charge is 0.0518 e. The van der Waals surface area contributed by atoms with Crippen molar-refractivity contribution in [2.45, 2.75) is 46.1 Å². The van der Waals surface area contributed by atoms with Gasteiger partial charge in [0, 0.05) is 38.5 Å². The molecule has 0 amide bonds. The van der Waals surface area contributed by atoms with Crippen molar-refractivity contribution < 1.29 is 4.74 Å². The molecule has 3 nitrogen and oxygen atoms in total. The normalized spacial score (nSPS) is 17.4. The summed E-state index contributed by atoms with van der Waals surface area (Å²) in [6.07, 6.45) is 4.16. The largest absolute Gasteiger partial charge is 0.379 e. The van der Waals surface area contributed by atoms with E-state index in [1.165, 1.54) is 44.6 Å². The molecule has 1 fully saturated rings. The standard InChI is InChI=1S/C15H30N2O/c1-14(2)17-11-9-16(10-12-17)8-6-5-7-13-18-15(3)4/h15H,1,5-13H2,2-4H3. The molecule has 0 spiro atoms. The molecule has 0 aromatic rings. The van der Waals surface area contributed by atoms with Crippen LogP contribution >= 0.6 is 0 Å². The minimum atomic E-state index is 0.375. The van der Waals surface area contributed by atoms with E-state index in [9.17, 15) is 0 Å². The van der Waals surface area contributed by atoms with Gasteiger partial charge in [-0.15, -0.1) is 0 Å². The number of allylic oxidation sites excluding steroid dienone is 1. The third-order valence-electron chi connectivity index (χ3n) is 3.48. The topological polar surface area (TPSA) is 15.7 Å². The maximum atomic E-state index is 5.54. The van der Waals surface area contributed by atoms with Crippen LogP contribution in [0, 0.1) is 0 Å². The Hall–Kier alpha value is -0.540. The van der Waals surface area contributed by atoms with Crippen molar-refractivity contribution >= 4 is 0 Å². The maximum Gasteiger partial charge on any atom is 0.0518 e. The predicted molar refractivity (Wildman–Crippen MR) is 77.8 cm³/mol. The summed E-state index contributed by atoms with van der Waals surface area (Å²) in [7, 11) is 0. The first-order chi connectivity index (χ1) is 8.59. The highest BCUT2D eigenvalue weighted by molar-refractivity contribution is 4.91. The van der Waals surface area contributed by atoms with E-state index < -0.39 is 0 Å². The number of hydrogen-bond acceptors (Lipinski definition) is 3. The molecule has 1 heterocycles. The molecule has 1 aliphatic rings. The molecule has 18 heavy (non-hydrogen) atoms. The van der Waals surface area contributed by atoms with Crippen LogP contribution in [-0.4, -0.2) is 55.2 Å². The second kappa shape index (κ2) is 8.54. The van der Waals surface area contributed by atoms with Gasteiger partial charge in [-0.2, -0.15) is 0 Å². The molecule has 3 heteroatoms. The number of piperazine rings is 1. The van der Waals surface area contributed by atoms with Crippen molar-refractivity contribution in [2.24, 2.45) is 0 Å². The van der Waals surface area contributed by atoms with Crippen molar-refractivity contribution in [3.05, 3.63) is 12.3 Å². The molecule has 0 unspecified atom stereocenters. The van der Waals surface area contributed by atoms with Crippen molar-refractivity contribution in [2.75, 3.05) is 39.3 Å². The average Bonchev–Trinajstić information content (AvgIpc) is 2.34. The lowest BCUT2D eigenvalue weighted by Crippen LogP contribution is -2.45. The average molecular weight is 254 g/mol. The Balaban J connectivity index is 1.96. The molecule has 0 bridgehead atoms. The van der Waals surface area contributed by atoms with Gasteiger partial charge in [-0.25, -0.2) is 0 Å². The van der Waals surface area contributed by atoms with E-state index in [4.69, 9.17) is 4.74 Å². The Morgan fingerprint density at radius 1 is 1.11 bits per heavy atom. The number of ether oxygens (including phenoxy) is 1. The van der Waals surface area contributed by atoms with Crippen molar-refractivity contribution in [3.8, 4) is 0 Å². The van der Waals surface area contributed by atoms with Gasteiger partial charge in [0.2, 0.25) is 0 Å². The van der Waals surface area contributed by atoms with Crippen LogP contribution in [0.25, 0.3) is 0 Å². The van der Waals surface area contributed by atoms with Gasteiger partial charge in [0.1, 0.15) is 0 Å². The molecule has 106 valence electrons. The molecule has 0 N–H and O–H groups in total. The number of unbranched alkanes of at least 4 members (excludes halogenated alkanes) is 2. The molecule has 0 aromatic heterocycles. The third-order valence-corrected chi connectivity index (χ3v) is 3.48. The SMILES string of the molecule is C=C(C)N1CCN(CCCCCOC(C)C)CC1. The first kappa shape index (κ1) is 15.5. The Kier molecular flexibility index (Phi) is 7.36. The van der Waals surface area contributed by atoms with E-state index in [0.717, 1.165) is 19.7 Å². The summed E-state index contributed by atoms with van der Waals surface area (Å²) in [4.78, 5) is 4.95. The number of rotatable bonds is 8.